The molecular formula is C21H23FN2O3S. The van der Waals surface area contributed by atoms with E-state index in [0.717, 1.165) is 11.1 Å². The fourth-order valence-corrected chi connectivity index (χ4v) is 4.51. The van der Waals surface area contributed by atoms with Crippen LogP contribution in [0.25, 0.3) is 0 Å². The second-order valence-corrected chi connectivity index (χ2v) is 7.73. The maximum absolute atomic E-state index is 13.3. The van der Waals surface area contributed by atoms with E-state index in [1.54, 1.807) is 36.3 Å². The van der Waals surface area contributed by atoms with Gasteiger partial charge < -0.3 is 15.0 Å². The number of rotatable bonds is 6. The first-order valence-corrected chi connectivity index (χ1v) is 10.1. The SMILES string of the molecule is COCCNC(=O)C1CSC(c2ccc(F)cc2)N1C(=O)c1ccc(C)cc1. The Morgan fingerprint density at radius 2 is 1.86 bits per heavy atom. The van der Waals surface area contributed by atoms with Crippen LogP contribution in [0.4, 0.5) is 4.39 Å². The average Bonchev–Trinajstić information content (AvgIpc) is 3.14. The number of carbonyl (C=O) groups is 2. The third-order valence-corrected chi connectivity index (χ3v) is 5.92. The number of amides is 2. The molecular weight excluding hydrogens is 379 g/mol. The van der Waals surface area contributed by atoms with Gasteiger partial charge in [-0.15, -0.1) is 11.8 Å². The number of halogens is 1. The number of nitrogens with one attached hydrogen (secondary N) is 1. The molecule has 2 amide bonds. The molecule has 1 heterocycles. The summed E-state index contributed by atoms with van der Waals surface area (Å²) in [6.45, 7) is 2.73. The van der Waals surface area contributed by atoms with Crippen molar-refractivity contribution in [1.29, 1.82) is 0 Å². The van der Waals surface area contributed by atoms with Gasteiger partial charge in [0.2, 0.25) is 5.91 Å². The first-order valence-electron chi connectivity index (χ1n) is 9.04. The quantitative estimate of drug-likeness (QED) is 0.754. The molecule has 1 aliphatic heterocycles. The topological polar surface area (TPSA) is 58.6 Å². The molecule has 1 aliphatic rings. The Balaban J connectivity index is 1.89. The Kier molecular flexibility index (Phi) is 6.70. The van der Waals surface area contributed by atoms with Crippen molar-refractivity contribution in [2.24, 2.45) is 0 Å². The van der Waals surface area contributed by atoms with E-state index in [1.807, 2.05) is 19.1 Å². The lowest BCUT2D eigenvalue weighted by Gasteiger charge is -2.29. The first-order chi connectivity index (χ1) is 13.5. The standard InChI is InChI=1S/C21H23FN2O3S/c1-14-3-5-15(6-4-14)20(26)24-18(19(25)23-11-12-27-2)13-28-21(24)16-7-9-17(22)10-8-16/h3-10,18,21H,11-13H2,1-2H3,(H,23,25). The minimum atomic E-state index is -0.606. The summed E-state index contributed by atoms with van der Waals surface area (Å²) in [7, 11) is 1.56. The van der Waals surface area contributed by atoms with E-state index in [9.17, 15) is 14.0 Å². The van der Waals surface area contributed by atoms with Crippen molar-refractivity contribution in [1.82, 2.24) is 10.2 Å². The molecule has 0 aromatic heterocycles. The number of aryl methyl sites for hydroxylation is 1. The number of nitrogens with zero attached hydrogens (tertiary/aromatic N) is 1. The molecule has 5 nitrogen and oxygen atoms in total. The van der Waals surface area contributed by atoms with Crippen molar-refractivity contribution in [2.45, 2.75) is 18.3 Å². The van der Waals surface area contributed by atoms with Gasteiger partial charge in [0, 0.05) is 25.0 Å². The Labute approximate surface area is 168 Å². The van der Waals surface area contributed by atoms with Gasteiger partial charge in [-0.3, -0.25) is 9.59 Å². The van der Waals surface area contributed by atoms with Crippen LogP contribution in [0.5, 0.6) is 0 Å². The van der Waals surface area contributed by atoms with Crippen LogP contribution in [0.2, 0.25) is 0 Å². The van der Waals surface area contributed by atoms with Gasteiger partial charge in [0.1, 0.15) is 17.2 Å². The van der Waals surface area contributed by atoms with Crippen LogP contribution < -0.4 is 5.32 Å². The second kappa shape index (κ2) is 9.21. The summed E-state index contributed by atoms with van der Waals surface area (Å²) < 4.78 is 18.3. The highest BCUT2D eigenvalue weighted by Crippen LogP contribution is 2.42. The molecule has 1 saturated heterocycles. The van der Waals surface area contributed by atoms with E-state index in [1.165, 1.54) is 23.9 Å². The molecule has 2 aromatic rings. The van der Waals surface area contributed by atoms with Gasteiger partial charge in [0.15, 0.2) is 0 Å². The van der Waals surface area contributed by atoms with Crippen molar-refractivity contribution < 1.29 is 18.7 Å². The first kappa shape index (κ1) is 20.4. The Bertz CT molecular complexity index is 827. The number of thioether (sulfide) groups is 1. The van der Waals surface area contributed by atoms with Gasteiger partial charge in [-0.05, 0) is 36.8 Å². The minimum Gasteiger partial charge on any atom is -0.383 e. The Hall–Kier alpha value is -2.38. The lowest BCUT2D eigenvalue weighted by atomic mass is 10.1. The molecule has 1 N–H and O–H groups in total. The number of hydrogen-bond donors (Lipinski definition) is 1. The fourth-order valence-electron chi connectivity index (χ4n) is 3.08. The highest BCUT2D eigenvalue weighted by Gasteiger charge is 2.42. The molecule has 3 rings (SSSR count). The van der Waals surface area contributed by atoms with Gasteiger partial charge in [-0.25, -0.2) is 4.39 Å². The number of hydrogen-bond acceptors (Lipinski definition) is 4. The molecule has 0 radical (unpaired) electrons. The van der Waals surface area contributed by atoms with E-state index < -0.39 is 6.04 Å². The Morgan fingerprint density at radius 1 is 1.18 bits per heavy atom. The summed E-state index contributed by atoms with van der Waals surface area (Å²) in [6.07, 6.45) is 0. The zero-order chi connectivity index (χ0) is 20.1. The zero-order valence-electron chi connectivity index (χ0n) is 15.9. The summed E-state index contributed by atoms with van der Waals surface area (Å²) in [5.41, 5.74) is 2.37. The molecule has 2 unspecified atom stereocenters. The van der Waals surface area contributed by atoms with Crippen molar-refractivity contribution in [2.75, 3.05) is 26.0 Å². The molecule has 2 aromatic carbocycles. The van der Waals surface area contributed by atoms with E-state index >= 15 is 0 Å². The van der Waals surface area contributed by atoms with Gasteiger partial charge in [-0.2, -0.15) is 0 Å². The number of benzene rings is 2. The highest BCUT2D eigenvalue weighted by molar-refractivity contribution is 7.99. The molecule has 7 heteroatoms. The molecule has 1 fully saturated rings. The van der Waals surface area contributed by atoms with Crippen molar-refractivity contribution >= 4 is 23.6 Å². The van der Waals surface area contributed by atoms with E-state index in [4.69, 9.17) is 4.74 Å². The van der Waals surface area contributed by atoms with Crippen LogP contribution in [0.1, 0.15) is 26.9 Å². The third-order valence-electron chi connectivity index (χ3n) is 4.60. The molecule has 148 valence electrons. The maximum atomic E-state index is 13.3. The molecule has 28 heavy (non-hydrogen) atoms. The molecule has 2 atom stereocenters. The highest BCUT2D eigenvalue weighted by atomic mass is 32.2. The third kappa shape index (κ3) is 4.54. The summed E-state index contributed by atoms with van der Waals surface area (Å²) >= 11 is 1.50. The molecule has 0 bridgehead atoms. The lowest BCUT2D eigenvalue weighted by molar-refractivity contribution is -0.125. The summed E-state index contributed by atoms with van der Waals surface area (Å²) in [4.78, 5) is 27.6. The van der Waals surface area contributed by atoms with Crippen molar-refractivity contribution in [3.63, 3.8) is 0 Å². The van der Waals surface area contributed by atoms with Gasteiger partial charge in [0.25, 0.3) is 5.91 Å². The summed E-state index contributed by atoms with van der Waals surface area (Å²) in [5.74, 6) is -0.295. The van der Waals surface area contributed by atoms with Gasteiger partial charge in [-0.1, -0.05) is 29.8 Å². The second-order valence-electron chi connectivity index (χ2n) is 6.62. The maximum Gasteiger partial charge on any atom is 0.255 e. The van der Waals surface area contributed by atoms with Crippen LogP contribution in [-0.4, -0.2) is 48.8 Å². The van der Waals surface area contributed by atoms with Crippen LogP contribution in [0, 0.1) is 12.7 Å². The van der Waals surface area contributed by atoms with Crippen molar-refractivity contribution in [3.05, 3.63) is 71.0 Å². The van der Waals surface area contributed by atoms with Crippen LogP contribution >= 0.6 is 11.8 Å². The monoisotopic (exact) mass is 402 g/mol. The predicted molar refractivity (Wildman–Crippen MR) is 108 cm³/mol. The molecule has 0 spiro atoms. The van der Waals surface area contributed by atoms with Crippen LogP contribution in [0.15, 0.2) is 48.5 Å². The van der Waals surface area contributed by atoms with Gasteiger partial charge >= 0.3 is 0 Å². The minimum absolute atomic E-state index is 0.213. The number of ether oxygens (including phenoxy) is 1. The van der Waals surface area contributed by atoms with Gasteiger partial charge in [0.05, 0.1) is 6.61 Å². The van der Waals surface area contributed by atoms with Crippen molar-refractivity contribution in [3.8, 4) is 0 Å². The predicted octanol–water partition coefficient (Wildman–Crippen LogP) is 3.15. The summed E-state index contributed by atoms with van der Waals surface area (Å²) in [6, 6.07) is 12.7. The Morgan fingerprint density at radius 3 is 2.50 bits per heavy atom. The van der Waals surface area contributed by atoms with E-state index in [2.05, 4.69) is 5.32 Å². The van der Waals surface area contributed by atoms with E-state index in [0.29, 0.717) is 24.5 Å². The lowest BCUT2D eigenvalue weighted by Crippen LogP contribution is -2.48. The normalized spacial score (nSPS) is 18.9. The number of methoxy groups -OCH3 is 1. The molecule has 0 saturated carbocycles. The fraction of sp³-hybridized carbons (Fsp3) is 0.333. The van der Waals surface area contributed by atoms with E-state index in [-0.39, 0.29) is 23.0 Å². The molecule has 0 aliphatic carbocycles. The summed E-state index contributed by atoms with van der Waals surface area (Å²) in [5, 5.41) is 2.47. The smallest absolute Gasteiger partial charge is 0.255 e. The number of carbonyl (C=O) groups excluding carboxylic acids is 2. The van der Waals surface area contributed by atoms with Crippen LogP contribution in [-0.2, 0) is 9.53 Å². The zero-order valence-corrected chi connectivity index (χ0v) is 16.7. The van der Waals surface area contributed by atoms with Crippen LogP contribution in [0.3, 0.4) is 0 Å². The largest absolute Gasteiger partial charge is 0.383 e. The average molecular weight is 402 g/mol.